The van der Waals surface area contributed by atoms with Crippen molar-refractivity contribution in [1.29, 1.82) is 0 Å². The Bertz CT molecular complexity index is 604. The van der Waals surface area contributed by atoms with Gasteiger partial charge in [0.1, 0.15) is 17.4 Å². The summed E-state index contributed by atoms with van der Waals surface area (Å²) in [7, 11) is 0. The highest BCUT2D eigenvalue weighted by Gasteiger charge is 2.13. The minimum Gasteiger partial charge on any atom is -0.484 e. The van der Waals surface area contributed by atoms with E-state index in [0.29, 0.717) is 21.3 Å². The van der Waals surface area contributed by atoms with Crippen molar-refractivity contribution in [3.63, 3.8) is 0 Å². The van der Waals surface area contributed by atoms with E-state index < -0.39 is 5.97 Å². The van der Waals surface area contributed by atoms with E-state index in [0.717, 1.165) is 10.7 Å². The maximum Gasteiger partial charge on any atom is 0.335 e. The fourth-order valence-electron chi connectivity index (χ4n) is 1.42. The van der Waals surface area contributed by atoms with Crippen LogP contribution in [0.15, 0.2) is 26.5 Å². The molecule has 2 aromatic rings. The van der Waals surface area contributed by atoms with E-state index in [1.54, 1.807) is 0 Å². The van der Waals surface area contributed by atoms with E-state index in [-0.39, 0.29) is 5.56 Å². The lowest BCUT2D eigenvalue weighted by molar-refractivity contribution is 0.0696. The Morgan fingerprint density at radius 2 is 2.05 bits per heavy atom. The minimum atomic E-state index is -0.983. The van der Waals surface area contributed by atoms with Gasteiger partial charge in [0.05, 0.1) is 14.5 Å². The molecule has 0 radical (unpaired) electrons. The fraction of sp³-hybridized carbons (Fsp3) is 0.167. The number of aryl methyl sites for hydroxylation is 1. The maximum atomic E-state index is 10.9. The summed E-state index contributed by atoms with van der Waals surface area (Å²) in [5.41, 5.74) is 1.15. The molecule has 1 N–H and O–H groups in total. The molecule has 19 heavy (non-hydrogen) atoms. The summed E-state index contributed by atoms with van der Waals surface area (Å²) in [6.45, 7) is 2.27. The normalized spacial score (nSPS) is 10.5. The summed E-state index contributed by atoms with van der Waals surface area (Å²) in [6.07, 6.45) is 0. The molecule has 1 aromatic carbocycles. The number of benzene rings is 1. The zero-order chi connectivity index (χ0) is 14.0. The van der Waals surface area contributed by atoms with Gasteiger partial charge in [-0.05, 0) is 50.9 Å². The molecular formula is C12H9Br2NO3S. The molecule has 0 saturated carbocycles. The molecule has 0 atom stereocenters. The molecule has 0 unspecified atom stereocenters. The summed E-state index contributed by atoms with van der Waals surface area (Å²) in [4.78, 5) is 15.2. The van der Waals surface area contributed by atoms with E-state index in [4.69, 9.17) is 9.84 Å². The van der Waals surface area contributed by atoms with Gasteiger partial charge in [-0.25, -0.2) is 9.78 Å². The molecule has 0 spiro atoms. The Morgan fingerprint density at radius 3 is 2.53 bits per heavy atom. The molecule has 0 aliphatic heterocycles. The first kappa shape index (κ1) is 14.5. The van der Waals surface area contributed by atoms with Crippen LogP contribution in [0.25, 0.3) is 0 Å². The lowest BCUT2D eigenvalue weighted by Gasteiger charge is -2.10. The van der Waals surface area contributed by atoms with E-state index in [1.165, 1.54) is 23.5 Å². The molecule has 0 saturated heterocycles. The van der Waals surface area contributed by atoms with Crippen LogP contribution in [0.3, 0.4) is 0 Å². The predicted octanol–water partition coefficient (Wildman–Crippen LogP) is 4.25. The Morgan fingerprint density at radius 1 is 1.42 bits per heavy atom. The SMILES string of the molecule is Cc1csc(COc2c(Br)cc(C(=O)O)cc2Br)n1. The van der Waals surface area contributed by atoms with E-state index in [1.807, 2.05) is 12.3 Å². The molecule has 1 aromatic heterocycles. The van der Waals surface area contributed by atoms with Crippen LogP contribution in [0.2, 0.25) is 0 Å². The van der Waals surface area contributed by atoms with Crippen LogP contribution in [0.5, 0.6) is 5.75 Å². The van der Waals surface area contributed by atoms with Gasteiger partial charge in [-0.2, -0.15) is 0 Å². The summed E-state index contributed by atoms with van der Waals surface area (Å²) in [6, 6.07) is 3.02. The first-order chi connectivity index (χ1) is 8.97. The van der Waals surface area contributed by atoms with Crippen molar-refractivity contribution in [2.45, 2.75) is 13.5 Å². The fourth-order valence-corrected chi connectivity index (χ4v) is 3.52. The Hall–Kier alpha value is -0.920. The van der Waals surface area contributed by atoms with Crippen molar-refractivity contribution in [2.24, 2.45) is 0 Å². The molecule has 0 bridgehead atoms. The minimum absolute atomic E-state index is 0.191. The number of aromatic nitrogens is 1. The van der Waals surface area contributed by atoms with Gasteiger partial charge in [-0.1, -0.05) is 0 Å². The van der Waals surface area contributed by atoms with E-state index in [2.05, 4.69) is 36.8 Å². The molecule has 7 heteroatoms. The number of halogens is 2. The lowest BCUT2D eigenvalue weighted by Crippen LogP contribution is -2.00. The van der Waals surface area contributed by atoms with Crippen molar-refractivity contribution in [3.8, 4) is 5.75 Å². The number of aromatic carboxylic acids is 1. The van der Waals surface area contributed by atoms with Gasteiger partial charge >= 0.3 is 5.97 Å². The molecule has 0 aliphatic carbocycles. The highest BCUT2D eigenvalue weighted by molar-refractivity contribution is 9.11. The van der Waals surface area contributed by atoms with Crippen LogP contribution in [0.4, 0.5) is 0 Å². The highest BCUT2D eigenvalue weighted by Crippen LogP contribution is 2.35. The number of carboxylic acid groups (broad SMARTS) is 1. The van der Waals surface area contributed by atoms with Crippen LogP contribution >= 0.6 is 43.2 Å². The average Bonchev–Trinajstić information content (AvgIpc) is 2.73. The third-order valence-corrected chi connectivity index (χ3v) is 4.37. The Labute approximate surface area is 130 Å². The summed E-state index contributed by atoms with van der Waals surface area (Å²) in [5.74, 6) is -0.415. The molecule has 0 aliphatic rings. The molecular weight excluding hydrogens is 398 g/mol. The highest BCUT2D eigenvalue weighted by atomic mass is 79.9. The smallest absolute Gasteiger partial charge is 0.335 e. The van der Waals surface area contributed by atoms with Gasteiger partial charge in [0.25, 0.3) is 0 Å². The Kier molecular flexibility index (Phi) is 4.59. The van der Waals surface area contributed by atoms with Crippen LogP contribution < -0.4 is 4.74 Å². The second kappa shape index (κ2) is 6.02. The number of carbonyl (C=O) groups is 1. The predicted molar refractivity (Wildman–Crippen MR) is 80.0 cm³/mol. The Balaban J connectivity index is 2.18. The maximum absolute atomic E-state index is 10.9. The third-order valence-electron chi connectivity index (χ3n) is 2.25. The van der Waals surface area contributed by atoms with Crippen molar-refractivity contribution < 1.29 is 14.6 Å². The number of thiazole rings is 1. The van der Waals surface area contributed by atoms with Gasteiger partial charge in [0.2, 0.25) is 0 Å². The number of hydrogen-bond acceptors (Lipinski definition) is 4. The van der Waals surface area contributed by atoms with Gasteiger partial charge in [0.15, 0.2) is 0 Å². The lowest BCUT2D eigenvalue weighted by atomic mass is 10.2. The molecule has 100 valence electrons. The number of nitrogens with zero attached hydrogens (tertiary/aromatic N) is 1. The number of carboxylic acids is 1. The first-order valence-electron chi connectivity index (χ1n) is 5.23. The van der Waals surface area contributed by atoms with Gasteiger partial charge in [0, 0.05) is 11.1 Å². The topological polar surface area (TPSA) is 59.4 Å². The van der Waals surface area contributed by atoms with Crippen molar-refractivity contribution in [3.05, 3.63) is 42.7 Å². The molecule has 1 heterocycles. The average molecular weight is 407 g/mol. The monoisotopic (exact) mass is 405 g/mol. The summed E-state index contributed by atoms with van der Waals surface area (Å²) in [5, 5.41) is 11.8. The van der Waals surface area contributed by atoms with Crippen LogP contribution in [-0.2, 0) is 6.61 Å². The van der Waals surface area contributed by atoms with E-state index in [9.17, 15) is 4.79 Å². The largest absolute Gasteiger partial charge is 0.484 e. The van der Waals surface area contributed by atoms with Gasteiger partial charge in [-0.3, -0.25) is 0 Å². The second-order valence-electron chi connectivity index (χ2n) is 3.75. The molecule has 0 amide bonds. The van der Waals surface area contributed by atoms with Crippen molar-refractivity contribution in [2.75, 3.05) is 0 Å². The quantitative estimate of drug-likeness (QED) is 0.824. The molecule has 4 nitrogen and oxygen atoms in total. The van der Waals surface area contributed by atoms with Crippen molar-refractivity contribution in [1.82, 2.24) is 4.98 Å². The van der Waals surface area contributed by atoms with Crippen LogP contribution in [0, 0.1) is 6.92 Å². The van der Waals surface area contributed by atoms with Gasteiger partial charge < -0.3 is 9.84 Å². The zero-order valence-electron chi connectivity index (χ0n) is 9.81. The molecule has 0 fully saturated rings. The second-order valence-corrected chi connectivity index (χ2v) is 6.40. The standard InChI is InChI=1S/C12H9Br2NO3S/c1-6-5-19-10(15-6)4-18-11-8(13)2-7(12(16)17)3-9(11)14/h2-3,5H,4H2,1H3,(H,16,17). The summed E-state index contributed by atoms with van der Waals surface area (Å²) < 4.78 is 6.84. The van der Waals surface area contributed by atoms with E-state index >= 15 is 0 Å². The summed E-state index contributed by atoms with van der Waals surface area (Å²) >= 11 is 8.15. The van der Waals surface area contributed by atoms with Gasteiger partial charge in [-0.15, -0.1) is 11.3 Å². The van der Waals surface area contributed by atoms with Crippen LogP contribution in [-0.4, -0.2) is 16.1 Å². The number of rotatable bonds is 4. The number of hydrogen-bond donors (Lipinski definition) is 1. The molecule has 2 rings (SSSR count). The van der Waals surface area contributed by atoms with Crippen LogP contribution in [0.1, 0.15) is 21.1 Å². The third kappa shape index (κ3) is 3.55. The number of ether oxygens (including phenoxy) is 1. The zero-order valence-corrected chi connectivity index (χ0v) is 13.8. The first-order valence-corrected chi connectivity index (χ1v) is 7.70. The van der Waals surface area contributed by atoms with Crippen molar-refractivity contribution >= 4 is 49.2 Å².